The zero-order valence-electron chi connectivity index (χ0n) is 12.9. The van der Waals surface area contributed by atoms with Crippen molar-refractivity contribution in [3.8, 4) is 0 Å². The van der Waals surface area contributed by atoms with Crippen LogP contribution in [-0.4, -0.2) is 17.3 Å². The summed E-state index contributed by atoms with van der Waals surface area (Å²) >= 11 is 1.57. The van der Waals surface area contributed by atoms with Crippen LogP contribution in [0.15, 0.2) is 64.1 Å². The maximum Gasteiger partial charge on any atom is 0.206 e. The number of furan rings is 1. The molecule has 1 aliphatic carbocycles. The van der Waals surface area contributed by atoms with Gasteiger partial charge < -0.3 is 4.42 Å². The van der Waals surface area contributed by atoms with E-state index in [1.165, 1.54) is 6.26 Å². The molecular weight excluding hydrogens is 308 g/mol. The monoisotopic (exact) mass is 326 g/mol. The molecule has 3 nitrogen and oxygen atoms in total. The van der Waals surface area contributed by atoms with E-state index in [9.17, 15) is 9.59 Å². The first kappa shape index (κ1) is 15.8. The molecule has 118 valence electrons. The third-order valence-electron chi connectivity index (χ3n) is 4.02. The zero-order valence-corrected chi connectivity index (χ0v) is 13.7. The highest BCUT2D eigenvalue weighted by molar-refractivity contribution is 8.03. The molecule has 0 amide bonds. The van der Waals surface area contributed by atoms with E-state index in [0.29, 0.717) is 12.2 Å². The molecule has 0 bridgehead atoms. The summed E-state index contributed by atoms with van der Waals surface area (Å²) in [6.45, 7) is 2.02. The molecule has 0 N–H and O–H groups in total. The number of hydrogen-bond donors (Lipinski definition) is 0. The lowest BCUT2D eigenvalue weighted by molar-refractivity contribution is -0.115. The molecule has 1 aliphatic rings. The van der Waals surface area contributed by atoms with Gasteiger partial charge in [0.1, 0.15) is 0 Å². The van der Waals surface area contributed by atoms with Crippen molar-refractivity contribution in [3.63, 3.8) is 0 Å². The van der Waals surface area contributed by atoms with E-state index in [-0.39, 0.29) is 23.4 Å². The maximum atomic E-state index is 13.0. The van der Waals surface area contributed by atoms with Crippen LogP contribution >= 0.6 is 11.8 Å². The van der Waals surface area contributed by atoms with Crippen LogP contribution in [0, 0.1) is 5.92 Å². The van der Waals surface area contributed by atoms with E-state index in [1.54, 1.807) is 30.0 Å². The van der Waals surface area contributed by atoms with Gasteiger partial charge in [0.2, 0.25) is 5.78 Å². The Labute approximate surface area is 139 Å². The Kier molecular flexibility index (Phi) is 4.82. The largest absolute Gasteiger partial charge is 0.461 e. The van der Waals surface area contributed by atoms with Crippen molar-refractivity contribution >= 4 is 23.3 Å². The third-order valence-corrected chi connectivity index (χ3v) is 5.01. The molecule has 0 radical (unpaired) electrons. The molecule has 0 fully saturated rings. The third kappa shape index (κ3) is 3.32. The van der Waals surface area contributed by atoms with Crippen molar-refractivity contribution in [1.29, 1.82) is 0 Å². The second kappa shape index (κ2) is 7.01. The highest BCUT2D eigenvalue weighted by Gasteiger charge is 2.38. The van der Waals surface area contributed by atoms with Gasteiger partial charge in [0, 0.05) is 12.3 Å². The number of carbonyl (C=O) groups excluding carboxylic acids is 2. The number of benzene rings is 1. The van der Waals surface area contributed by atoms with Gasteiger partial charge in [-0.25, -0.2) is 0 Å². The van der Waals surface area contributed by atoms with Crippen LogP contribution in [0.2, 0.25) is 0 Å². The Morgan fingerprint density at radius 2 is 2.00 bits per heavy atom. The zero-order chi connectivity index (χ0) is 16.2. The van der Waals surface area contributed by atoms with Gasteiger partial charge in [-0.3, -0.25) is 9.59 Å². The van der Waals surface area contributed by atoms with E-state index in [2.05, 4.69) is 0 Å². The van der Waals surface area contributed by atoms with Crippen LogP contribution in [-0.2, 0) is 4.79 Å². The minimum atomic E-state index is -0.355. The molecule has 2 aromatic rings. The number of Topliss-reactive ketones (excluding diaryl/α,β-unsaturated/α-hetero) is 1. The smallest absolute Gasteiger partial charge is 0.206 e. The second-order valence-corrected chi connectivity index (χ2v) is 6.82. The molecule has 0 saturated carbocycles. The Morgan fingerprint density at radius 3 is 2.65 bits per heavy atom. The van der Waals surface area contributed by atoms with Crippen LogP contribution in [0.1, 0.15) is 35.4 Å². The molecule has 1 aromatic heterocycles. The first-order valence-corrected chi connectivity index (χ1v) is 8.69. The normalized spacial score (nSPS) is 21.1. The fourth-order valence-electron chi connectivity index (χ4n) is 3.03. The molecule has 4 heteroatoms. The summed E-state index contributed by atoms with van der Waals surface area (Å²) in [5, 5.41) is 0. The van der Waals surface area contributed by atoms with Gasteiger partial charge in [-0.1, -0.05) is 37.3 Å². The van der Waals surface area contributed by atoms with Crippen LogP contribution < -0.4 is 0 Å². The van der Waals surface area contributed by atoms with Gasteiger partial charge in [-0.05, 0) is 34.4 Å². The lowest BCUT2D eigenvalue weighted by Gasteiger charge is -2.30. The summed E-state index contributed by atoms with van der Waals surface area (Å²) in [6, 6.07) is 13.2. The first-order chi connectivity index (χ1) is 11.2. The predicted octanol–water partition coefficient (Wildman–Crippen LogP) is 4.47. The minimum absolute atomic E-state index is 0.0523. The molecule has 0 spiro atoms. The van der Waals surface area contributed by atoms with Gasteiger partial charge >= 0.3 is 0 Å². The number of allylic oxidation sites excluding steroid dienone is 2. The Bertz CT molecular complexity index is 716. The standard InChI is InChI=1S/C19H18O3S/c1-2-23-17-12-14(20)11-15(13-7-4-3-5-8-13)18(17)19(21)16-9-6-10-22-16/h3-10,12,15,18H,2,11H2,1H3/t15-,18+/m1/s1. The number of thioether (sulfide) groups is 1. The molecule has 1 aromatic carbocycles. The average Bonchev–Trinajstić information content (AvgIpc) is 3.09. The minimum Gasteiger partial charge on any atom is -0.461 e. The van der Waals surface area contributed by atoms with Gasteiger partial charge in [-0.2, -0.15) is 0 Å². The van der Waals surface area contributed by atoms with E-state index >= 15 is 0 Å². The van der Waals surface area contributed by atoms with Crippen LogP contribution in [0.25, 0.3) is 0 Å². The molecule has 0 saturated heterocycles. The van der Waals surface area contributed by atoms with Crippen LogP contribution in [0.4, 0.5) is 0 Å². The average molecular weight is 326 g/mol. The predicted molar refractivity (Wildman–Crippen MR) is 91.6 cm³/mol. The molecule has 23 heavy (non-hydrogen) atoms. The van der Waals surface area contributed by atoms with Gasteiger partial charge in [-0.15, -0.1) is 11.8 Å². The molecule has 2 atom stereocenters. The van der Waals surface area contributed by atoms with Gasteiger partial charge in [0.05, 0.1) is 12.2 Å². The second-order valence-electron chi connectivity index (χ2n) is 5.49. The summed E-state index contributed by atoms with van der Waals surface area (Å²) < 4.78 is 5.32. The van der Waals surface area contributed by atoms with E-state index < -0.39 is 0 Å². The first-order valence-electron chi connectivity index (χ1n) is 7.70. The van der Waals surface area contributed by atoms with E-state index in [1.807, 2.05) is 37.3 Å². The molecular formula is C19H18O3S. The van der Waals surface area contributed by atoms with Crippen LogP contribution in [0.5, 0.6) is 0 Å². The summed E-state index contributed by atoms with van der Waals surface area (Å²) in [5.74, 6) is 0.712. The van der Waals surface area contributed by atoms with Crippen molar-refractivity contribution < 1.29 is 14.0 Å². The molecule has 3 rings (SSSR count). The van der Waals surface area contributed by atoms with E-state index in [4.69, 9.17) is 4.42 Å². The summed E-state index contributed by atoms with van der Waals surface area (Å²) in [6.07, 6.45) is 3.50. The fraction of sp³-hybridized carbons (Fsp3) is 0.263. The Hall–Kier alpha value is -2.07. The van der Waals surface area contributed by atoms with Gasteiger partial charge in [0.25, 0.3) is 0 Å². The van der Waals surface area contributed by atoms with Crippen molar-refractivity contribution in [2.45, 2.75) is 19.3 Å². The Balaban J connectivity index is 2.04. The fourth-order valence-corrected chi connectivity index (χ4v) is 4.03. The molecule has 0 aliphatic heterocycles. The summed E-state index contributed by atoms with van der Waals surface area (Å²) in [4.78, 5) is 26.0. The van der Waals surface area contributed by atoms with Crippen molar-refractivity contribution in [2.24, 2.45) is 5.92 Å². The molecule has 1 heterocycles. The lowest BCUT2D eigenvalue weighted by Crippen LogP contribution is -2.29. The Morgan fingerprint density at radius 1 is 1.22 bits per heavy atom. The number of carbonyl (C=O) groups is 2. The van der Waals surface area contributed by atoms with Crippen molar-refractivity contribution in [1.82, 2.24) is 0 Å². The quantitative estimate of drug-likeness (QED) is 0.761. The lowest BCUT2D eigenvalue weighted by atomic mass is 9.76. The SMILES string of the molecule is CCSC1=CC(=O)C[C@H](c2ccccc2)[C@@H]1C(=O)c1ccco1. The maximum absolute atomic E-state index is 13.0. The summed E-state index contributed by atoms with van der Waals surface area (Å²) in [5.41, 5.74) is 1.02. The number of hydrogen-bond acceptors (Lipinski definition) is 4. The van der Waals surface area contributed by atoms with Crippen molar-refractivity contribution in [2.75, 3.05) is 5.75 Å². The number of ketones is 2. The molecule has 0 unspecified atom stereocenters. The topological polar surface area (TPSA) is 47.3 Å². The number of rotatable bonds is 5. The van der Waals surface area contributed by atoms with Crippen LogP contribution in [0.3, 0.4) is 0 Å². The van der Waals surface area contributed by atoms with E-state index in [0.717, 1.165) is 16.2 Å². The summed E-state index contributed by atoms with van der Waals surface area (Å²) in [7, 11) is 0. The van der Waals surface area contributed by atoms with Gasteiger partial charge in [0.15, 0.2) is 11.5 Å². The van der Waals surface area contributed by atoms with Crippen molar-refractivity contribution in [3.05, 3.63) is 71.0 Å². The highest BCUT2D eigenvalue weighted by atomic mass is 32.2. The highest BCUT2D eigenvalue weighted by Crippen LogP contribution is 2.43.